The Hall–Kier alpha value is -9.09. The maximum atomic E-state index is 5.47. The normalized spacial score (nSPS) is 12.8. The number of thiophene rings is 1. The highest BCUT2D eigenvalue weighted by Gasteiger charge is 2.53. The van der Waals surface area contributed by atoms with Crippen molar-refractivity contribution in [3.63, 3.8) is 0 Å². The molecule has 2 aromatic heterocycles. The lowest BCUT2D eigenvalue weighted by molar-refractivity contribution is 0.794. The van der Waals surface area contributed by atoms with Gasteiger partial charge in [0.2, 0.25) is 0 Å². The summed E-state index contributed by atoms with van der Waals surface area (Å²) in [6.45, 7) is 0. The molecule has 72 heavy (non-hydrogen) atoms. The van der Waals surface area contributed by atoms with E-state index < -0.39 is 5.41 Å². The smallest absolute Gasteiger partial charge is 0.164 e. The summed E-state index contributed by atoms with van der Waals surface area (Å²) >= 11 is 1.87. The number of nitrogens with zero attached hydrogens (tertiary/aromatic N) is 3. The van der Waals surface area contributed by atoms with E-state index in [0.29, 0.717) is 17.5 Å². The van der Waals surface area contributed by atoms with Crippen molar-refractivity contribution >= 4 is 42.3 Å². The summed E-state index contributed by atoms with van der Waals surface area (Å²) in [5.74, 6) is 1.90. The predicted molar refractivity (Wildman–Crippen MR) is 299 cm³/mol. The minimum absolute atomic E-state index is 0.565. The molecule has 0 N–H and O–H groups in total. The minimum Gasteiger partial charge on any atom is -0.208 e. The summed E-state index contributed by atoms with van der Waals surface area (Å²) in [6.07, 6.45) is 0. The Morgan fingerprint density at radius 1 is 0.264 bits per heavy atom. The molecule has 0 atom stereocenters. The standard InChI is InChI=1S/C68H41N3S/c1-2-16-49-44(14-1)15-11-21-50(49)45-36-40-48(41-37-45)66-69-65(47-38-32-43(33-39-47)42-30-34-46(35-31-42)51-22-12-24-57-55-20-6-10-29-62(55)72-64(51)57)70-67(71-66)58-25-13-23-56-54-19-5-9-28-61(54)68(63(56)58)59-26-7-3-17-52(59)53-18-4-8-27-60(53)68/h1-41H. The summed E-state index contributed by atoms with van der Waals surface area (Å²) in [6, 6.07) is 90.3. The number of benzene rings is 11. The van der Waals surface area contributed by atoms with Crippen molar-refractivity contribution in [2.24, 2.45) is 0 Å². The van der Waals surface area contributed by atoms with E-state index in [2.05, 4.69) is 249 Å². The molecular weight excluding hydrogens is 891 g/mol. The fourth-order valence-electron chi connectivity index (χ4n) is 12.0. The zero-order chi connectivity index (χ0) is 47.3. The molecule has 15 rings (SSSR count). The van der Waals surface area contributed by atoms with Gasteiger partial charge in [-0.1, -0.05) is 243 Å². The first-order valence-electron chi connectivity index (χ1n) is 24.6. The van der Waals surface area contributed by atoms with Gasteiger partial charge in [-0.2, -0.15) is 0 Å². The number of hydrogen-bond acceptors (Lipinski definition) is 4. The van der Waals surface area contributed by atoms with Crippen LogP contribution in [0.3, 0.4) is 0 Å². The Balaban J connectivity index is 0.870. The Labute approximate surface area is 421 Å². The van der Waals surface area contributed by atoms with Crippen LogP contribution in [0.15, 0.2) is 249 Å². The molecule has 4 heteroatoms. The molecule has 0 radical (unpaired) electrons. The Bertz CT molecular complexity index is 4250. The van der Waals surface area contributed by atoms with E-state index in [1.807, 2.05) is 11.3 Å². The van der Waals surface area contributed by atoms with Gasteiger partial charge in [-0.05, 0) is 94.7 Å². The van der Waals surface area contributed by atoms with Crippen LogP contribution < -0.4 is 0 Å². The molecule has 13 aromatic rings. The average molecular weight is 932 g/mol. The van der Waals surface area contributed by atoms with Crippen LogP contribution in [-0.4, -0.2) is 15.0 Å². The molecule has 3 nitrogen and oxygen atoms in total. The van der Waals surface area contributed by atoms with Crippen molar-refractivity contribution in [2.75, 3.05) is 0 Å². The molecular formula is C68H41N3S. The molecule has 0 saturated heterocycles. The molecule has 0 unspecified atom stereocenters. The molecule has 1 spiro atoms. The van der Waals surface area contributed by atoms with Crippen molar-refractivity contribution in [1.29, 1.82) is 0 Å². The third-order valence-corrected chi connectivity index (χ3v) is 16.4. The molecule has 2 aliphatic rings. The lowest BCUT2D eigenvalue weighted by Crippen LogP contribution is -2.26. The summed E-state index contributed by atoms with van der Waals surface area (Å²) < 4.78 is 2.64. The quantitative estimate of drug-likeness (QED) is 0.167. The van der Waals surface area contributed by atoms with Crippen LogP contribution >= 0.6 is 11.3 Å². The van der Waals surface area contributed by atoms with E-state index in [1.165, 1.54) is 92.1 Å². The summed E-state index contributed by atoms with van der Waals surface area (Å²) in [5, 5.41) is 5.07. The second kappa shape index (κ2) is 16.0. The van der Waals surface area contributed by atoms with Gasteiger partial charge < -0.3 is 0 Å². The first kappa shape index (κ1) is 40.8. The van der Waals surface area contributed by atoms with Crippen molar-refractivity contribution in [1.82, 2.24) is 15.0 Å². The van der Waals surface area contributed by atoms with E-state index in [9.17, 15) is 0 Å². The highest BCUT2D eigenvalue weighted by Crippen LogP contribution is 2.64. The van der Waals surface area contributed by atoms with Crippen molar-refractivity contribution in [3.05, 3.63) is 271 Å². The summed E-state index contributed by atoms with van der Waals surface area (Å²) in [4.78, 5) is 16.3. The molecule has 2 aliphatic carbocycles. The second-order valence-electron chi connectivity index (χ2n) is 19.0. The van der Waals surface area contributed by atoms with Crippen LogP contribution in [0.25, 0.3) is 121 Å². The van der Waals surface area contributed by atoms with E-state index in [-0.39, 0.29) is 0 Å². The van der Waals surface area contributed by atoms with E-state index in [0.717, 1.165) is 33.4 Å². The lowest BCUT2D eigenvalue weighted by Gasteiger charge is -2.31. The molecule has 0 amide bonds. The molecule has 0 saturated carbocycles. The number of hydrogen-bond donors (Lipinski definition) is 0. The Kier molecular flexibility index (Phi) is 9.04. The van der Waals surface area contributed by atoms with E-state index in [4.69, 9.17) is 15.0 Å². The van der Waals surface area contributed by atoms with Crippen molar-refractivity contribution in [2.45, 2.75) is 5.41 Å². The van der Waals surface area contributed by atoms with E-state index in [1.54, 1.807) is 0 Å². The third-order valence-electron chi connectivity index (χ3n) is 15.2. The van der Waals surface area contributed by atoms with Crippen LogP contribution in [0.5, 0.6) is 0 Å². The summed E-state index contributed by atoms with van der Waals surface area (Å²) in [5.41, 5.74) is 19.4. The SMILES string of the molecule is c1ccc2c(c1)-c1ccccc1C21c2ccccc2-c2cccc(-c3nc(-c4ccc(-c5ccc(-c6cccc7c6sc6ccccc67)cc5)cc4)nc(-c4ccc(-c5cccc6ccccc56)cc4)n3)c21. The predicted octanol–water partition coefficient (Wildman–Crippen LogP) is 17.7. The van der Waals surface area contributed by atoms with Gasteiger partial charge in [-0.3, -0.25) is 0 Å². The van der Waals surface area contributed by atoms with E-state index >= 15 is 0 Å². The maximum Gasteiger partial charge on any atom is 0.164 e. The van der Waals surface area contributed by atoms with Crippen LogP contribution in [0.1, 0.15) is 22.3 Å². The zero-order valence-electron chi connectivity index (χ0n) is 38.9. The third kappa shape index (κ3) is 6.06. The van der Waals surface area contributed by atoms with Gasteiger partial charge in [0.15, 0.2) is 17.5 Å². The van der Waals surface area contributed by atoms with Crippen LogP contribution in [0, 0.1) is 0 Å². The zero-order valence-corrected chi connectivity index (χ0v) is 39.7. The summed E-state index contributed by atoms with van der Waals surface area (Å²) in [7, 11) is 0. The van der Waals surface area contributed by atoms with Crippen molar-refractivity contribution in [3.8, 4) is 89.8 Å². The Morgan fingerprint density at radius 3 is 1.32 bits per heavy atom. The first-order valence-corrected chi connectivity index (χ1v) is 25.4. The minimum atomic E-state index is -0.565. The molecule has 11 aromatic carbocycles. The molecule has 0 fully saturated rings. The Morgan fingerprint density at radius 2 is 0.667 bits per heavy atom. The maximum absolute atomic E-state index is 5.47. The fourth-order valence-corrected chi connectivity index (χ4v) is 13.2. The van der Waals surface area contributed by atoms with Crippen LogP contribution in [-0.2, 0) is 5.41 Å². The van der Waals surface area contributed by atoms with Crippen LogP contribution in [0.2, 0.25) is 0 Å². The highest BCUT2D eigenvalue weighted by molar-refractivity contribution is 7.26. The van der Waals surface area contributed by atoms with Crippen LogP contribution in [0.4, 0.5) is 0 Å². The molecule has 334 valence electrons. The molecule has 0 bridgehead atoms. The molecule has 0 aliphatic heterocycles. The average Bonchev–Trinajstić information content (AvgIpc) is 4.10. The second-order valence-corrected chi connectivity index (χ2v) is 20.0. The lowest BCUT2D eigenvalue weighted by atomic mass is 9.69. The largest absolute Gasteiger partial charge is 0.208 e. The van der Waals surface area contributed by atoms with Gasteiger partial charge in [0, 0.05) is 36.9 Å². The fraction of sp³-hybridized carbons (Fsp3) is 0.0147. The van der Waals surface area contributed by atoms with Gasteiger partial charge in [0.05, 0.1) is 5.41 Å². The topological polar surface area (TPSA) is 38.7 Å². The number of rotatable bonds is 6. The van der Waals surface area contributed by atoms with Gasteiger partial charge in [-0.25, -0.2) is 15.0 Å². The monoisotopic (exact) mass is 931 g/mol. The number of fused-ring (bicyclic) bond motifs is 14. The first-order chi connectivity index (χ1) is 35.7. The number of aromatic nitrogens is 3. The highest BCUT2D eigenvalue weighted by atomic mass is 32.1. The van der Waals surface area contributed by atoms with Gasteiger partial charge >= 0.3 is 0 Å². The van der Waals surface area contributed by atoms with Crippen molar-refractivity contribution < 1.29 is 0 Å². The van der Waals surface area contributed by atoms with Gasteiger partial charge in [-0.15, -0.1) is 11.3 Å². The van der Waals surface area contributed by atoms with Gasteiger partial charge in [0.1, 0.15) is 0 Å². The molecule has 2 heterocycles. The van der Waals surface area contributed by atoms with Gasteiger partial charge in [0.25, 0.3) is 0 Å².